The number of nitrogens with zero attached hydrogens (tertiary/aromatic N) is 1. The number of benzene rings is 2. The molecule has 0 saturated heterocycles. The fraction of sp³-hybridized carbons (Fsp3) is 0. The van der Waals surface area contributed by atoms with Crippen LogP contribution in [0.3, 0.4) is 0 Å². The van der Waals surface area contributed by atoms with Crippen molar-refractivity contribution in [3.8, 4) is 11.3 Å². The van der Waals surface area contributed by atoms with Gasteiger partial charge in [-0.2, -0.15) is 5.10 Å². The summed E-state index contributed by atoms with van der Waals surface area (Å²) in [4.78, 5) is 12.3. The highest BCUT2D eigenvalue weighted by Gasteiger charge is 2.12. The van der Waals surface area contributed by atoms with Crippen molar-refractivity contribution in [1.82, 2.24) is 10.2 Å². The van der Waals surface area contributed by atoms with Crippen molar-refractivity contribution in [2.24, 2.45) is 0 Å². The lowest BCUT2D eigenvalue weighted by atomic mass is 10.1. The van der Waals surface area contributed by atoms with Gasteiger partial charge in [-0.3, -0.25) is 9.89 Å². The van der Waals surface area contributed by atoms with Gasteiger partial charge in [0.15, 0.2) is 0 Å². The van der Waals surface area contributed by atoms with Crippen molar-refractivity contribution in [2.45, 2.75) is 0 Å². The molecule has 1 aromatic heterocycles. The summed E-state index contributed by atoms with van der Waals surface area (Å²) in [5, 5.41) is 9.52. The molecule has 0 unspecified atom stereocenters. The molecular formula is C16H11BrFN3O. The lowest BCUT2D eigenvalue weighted by Crippen LogP contribution is -2.12. The molecule has 0 aliphatic heterocycles. The monoisotopic (exact) mass is 359 g/mol. The molecule has 0 radical (unpaired) electrons. The number of rotatable bonds is 3. The number of aromatic nitrogens is 2. The number of hydrogen-bond donors (Lipinski definition) is 2. The average Bonchev–Trinajstić information content (AvgIpc) is 3.04. The van der Waals surface area contributed by atoms with E-state index in [2.05, 4.69) is 31.4 Å². The van der Waals surface area contributed by atoms with Crippen LogP contribution in [0.4, 0.5) is 10.1 Å². The van der Waals surface area contributed by atoms with E-state index in [0.29, 0.717) is 10.2 Å². The van der Waals surface area contributed by atoms with E-state index in [4.69, 9.17) is 0 Å². The highest BCUT2D eigenvalue weighted by atomic mass is 79.9. The second-order valence-corrected chi connectivity index (χ2v) is 5.48. The van der Waals surface area contributed by atoms with Gasteiger partial charge in [0.2, 0.25) is 0 Å². The second-order valence-electron chi connectivity index (χ2n) is 4.63. The molecule has 0 fully saturated rings. The predicted molar refractivity (Wildman–Crippen MR) is 86.1 cm³/mol. The molecule has 1 heterocycles. The minimum Gasteiger partial charge on any atom is -0.322 e. The first-order chi connectivity index (χ1) is 10.6. The van der Waals surface area contributed by atoms with E-state index in [1.54, 1.807) is 12.3 Å². The van der Waals surface area contributed by atoms with Gasteiger partial charge in [-0.15, -0.1) is 0 Å². The van der Waals surface area contributed by atoms with Gasteiger partial charge in [0.25, 0.3) is 5.91 Å². The zero-order valence-electron chi connectivity index (χ0n) is 11.3. The maximum absolute atomic E-state index is 13.3. The third kappa shape index (κ3) is 3.07. The van der Waals surface area contributed by atoms with Crippen molar-refractivity contribution in [3.05, 3.63) is 70.6 Å². The third-order valence-corrected chi connectivity index (χ3v) is 3.80. The van der Waals surface area contributed by atoms with Crippen molar-refractivity contribution in [2.75, 3.05) is 5.32 Å². The van der Waals surface area contributed by atoms with E-state index in [9.17, 15) is 9.18 Å². The largest absolute Gasteiger partial charge is 0.322 e. The summed E-state index contributed by atoms with van der Waals surface area (Å²) in [6, 6.07) is 13.1. The molecule has 3 aromatic rings. The van der Waals surface area contributed by atoms with Crippen LogP contribution in [-0.4, -0.2) is 16.1 Å². The predicted octanol–water partition coefficient (Wildman–Crippen LogP) is 4.23. The smallest absolute Gasteiger partial charge is 0.256 e. The number of H-pyrrole nitrogens is 1. The maximum Gasteiger partial charge on any atom is 0.256 e. The Hall–Kier alpha value is -2.47. The highest BCUT2D eigenvalue weighted by Crippen LogP contribution is 2.23. The zero-order valence-corrected chi connectivity index (χ0v) is 12.9. The van der Waals surface area contributed by atoms with Gasteiger partial charge >= 0.3 is 0 Å². The Labute approximate surface area is 134 Å². The zero-order chi connectivity index (χ0) is 15.5. The summed E-state index contributed by atoms with van der Waals surface area (Å²) >= 11 is 3.25. The molecule has 2 aromatic carbocycles. The molecule has 22 heavy (non-hydrogen) atoms. The van der Waals surface area contributed by atoms with Gasteiger partial charge in [-0.25, -0.2) is 4.39 Å². The van der Waals surface area contributed by atoms with Crippen molar-refractivity contribution >= 4 is 27.5 Å². The van der Waals surface area contributed by atoms with Gasteiger partial charge in [0.1, 0.15) is 5.82 Å². The molecule has 0 aliphatic carbocycles. The number of anilines is 1. The van der Waals surface area contributed by atoms with Crippen LogP contribution < -0.4 is 5.32 Å². The quantitative estimate of drug-likeness (QED) is 0.734. The van der Waals surface area contributed by atoms with E-state index in [-0.39, 0.29) is 11.5 Å². The summed E-state index contributed by atoms with van der Waals surface area (Å²) < 4.78 is 13.8. The molecule has 3 rings (SSSR count). The van der Waals surface area contributed by atoms with Gasteiger partial charge < -0.3 is 5.32 Å². The van der Waals surface area contributed by atoms with Crippen LogP contribution in [0.25, 0.3) is 11.3 Å². The molecule has 110 valence electrons. The van der Waals surface area contributed by atoms with E-state index in [1.165, 1.54) is 18.2 Å². The Morgan fingerprint density at radius 2 is 2.05 bits per heavy atom. The summed E-state index contributed by atoms with van der Waals surface area (Å²) in [6.45, 7) is 0. The Morgan fingerprint density at radius 3 is 2.82 bits per heavy atom. The first-order valence-electron chi connectivity index (χ1n) is 6.50. The van der Waals surface area contributed by atoms with Crippen molar-refractivity contribution in [3.63, 3.8) is 0 Å². The Balaban J connectivity index is 1.85. The topological polar surface area (TPSA) is 57.8 Å². The van der Waals surface area contributed by atoms with E-state index in [1.807, 2.05) is 24.3 Å². The fourth-order valence-electron chi connectivity index (χ4n) is 2.05. The van der Waals surface area contributed by atoms with Crippen LogP contribution in [0.15, 0.2) is 59.2 Å². The van der Waals surface area contributed by atoms with Crippen LogP contribution >= 0.6 is 15.9 Å². The van der Waals surface area contributed by atoms with Crippen LogP contribution in [0.1, 0.15) is 10.4 Å². The first-order valence-corrected chi connectivity index (χ1v) is 7.29. The lowest BCUT2D eigenvalue weighted by Gasteiger charge is -2.08. The summed E-state index contributed by atoms with van der Waals surface area (Å²) in [5.41, 5.74) is 2.61. The Morgan fingerprint density at radius 1 is 1.18 bits per heavy atom. The molecular weight excluding hydrogens is 349 g/mol. The van der Waals surface area contributed by atoms with E-state index in [0.717, 1.165) is 11.3 Å². The standard InChI is InChI=1S/C16H11BrFN3O/c17-14-5-4-11(18)9-13(14)16(22)20-12-3-1-2-10(8-12)15-6-7-19-21-15/h1-9H,(H,19,21)(H,20,22). The Kier molecular flexibility index (Phi) is 4.02. The number of aromatic amines is 1. The normalized spacial score (nSPS) is 10.5. The third-order valence-electron chi connectivity index (χ3n) is 3.11. The molecule has 4 nitrogen and oxygen atoms in total. The minimum atomic E-state index is -0.459. The molecule has 0 aliphatic rings. The number of carbonyl (C=O) groups excluding carboxylic acids is 1. The molecule has 1 amide bonds. The molecule has 2 N–H and O–H groups in total. The molecule has 0 saturated carbocycles. The number of amides is 1. The number of halogens is 2. The highest BCUT2D eigenvalue weighted by molar-refractivity contribution is 9.10. The van der Waals surface area contributed by atoms with Crippen LogP contribution in [0.2, 0.25) is 0 Å². The molecule has 0 atom stereocenters. The van der Waals surface area contributed by atoms with Crippen LogP contribution in [0, 0.1) is 5.82 Å². The van der Waals surface area contributed by atoms with Gasteiger partial charge in [-0.05, 0) is 52.3 Å². The summed E-state index contributed by atoms with van der Waals surface area (Å²) in [5.74, 6) is -0.840. The average molecular weight is 360 g/mol. The van der Waals surface area contributed by atoms with Crippen molar-refractivity contribution in [1.29, 1.82) is 0 Å². The minimum absolute atomic E-state index is 0.243. The van der Waals surface area contributed by atoms with Crippen molar-refractivity contribution < 1.29 is 9.18 Å². The SMILES string of the molecule is O=C(Nc1cccc(-c2ccn[nH]2)c1)c1cc(F)ccc1Br. The summed E-state index contributed by atoms with van der Waals surface area (Å²) in [6.07, 6.45) is 1.66. The van der Waals surface area contributed by atoms with Gasteiger partial charge in [0.05, 0.1) is 11.3 Å². The number of hydrogen-bond acceptors (Lipinski definition) is 2. The van der Waals surface area contributed by atoms with Gasteiger partial charge in [-0.1, -0.05) is 12.1 Å². The molecule has 0 spiro atoms. The van der Waals surface area contributed by atoms with E-state index >= 15 is 0 Å². The summed E-state index contributed by atoms with van der Waals surface area (Å²) in [7, 11) is 0. The number of carbonyl (C=O) groups is 1. The van der Waals surface area contributed by atoms with Crippen LogP contribution in [0.5, 0.6) is 0 Å². The number of nitrogens with one attached hydrogen (secondary N) is 2. The Bertz CT molecular complexity index is 818. The van der Waals surface area contributed by atoms with E-state index < -0.39 is 5.82 Å². The lowest BCUT2D eigenvalue weighted by molar-refractivity contribution is 0.102. The molecule has 6 heteroatoms. The maximum atomic E-state index is 13.3. The first kappa shape index (κ1) is 14.5. The fourth-order valence-corrected chi connectivity index (χ4v) is 2.48. The second kappa shape index (κ2) is 6.11. The molecule has 0 bridgehead atoms. The van der Waals surface area contributed by atoms with Crippen LogP contribution in [-0.2, 0) is 0 Å². The van der Waals surface area contributed by atoms with Gasteiger partial charge in [0, 0.05) is 21.9 Å².